The van der Waals surface area contributed by atoms with Crippen LogP contribution in [0.15, 0.2) is 82.6 Å². The van der Waals surface area contributed by atoms with E-state index in [1.54, 1.807) is 14.2 Å². The van der Waals surface area contributed by atoms with Crippen molar-refractivity contribution in [2.75, 3.05) is 19.6 Å². The summed E-state index contributed by atoms with van der Waals surface area (Å²) < 4.78 is 17.1. The molecule has 7 nitrogen and oxygen atoms in total. The highest BCUT2D eigenvalue weighted by Gasteiger charge is 2.11. The van der Waals surface area contributed by atoms with Crippen LogP contribution < -0.4 is 20.3 Å². The largest absolute Gasteiger partial charge is 0.493 e. The highest BCUT2D eigenvalue weighted by molar-refractivity contribution is 5.88. The van der Waals surface area contributed by atoms with E-state index in [4.69, 9.17) is 19.0 Å². The summed E-state index contributed by atoms with van der Waals surface area (Å²) in [6.45, 7) is 2.03. The number of nitrogens with one attached hydrogen (secondary N) is 1. The van der Waals surface area contributed by atoms with Crippen molar-refractivity contribution in [1.29, 1.82) is 0 Å². The van der Waals surface area contributed by atoms with Gasteiger partial charge in [0, 0.05) is 22.4 Å². The molecular formula is C26H22N4O3. The van der Waals surface area contributed by atoms with Crippen molar-refractivity contribution in [3.05, 3.63) is 84.0 Å². The molecule has 0 atom stereocenters. The standard InChI is InChI=1S/C26H22N4O3/c1-16-8-10-18-21(29-30-26-19-6-4-5-7-20(19)27-15-28-26)14-23(33-24(18)12-16)17-9-11-22(31-2)25(13-17)32-3/h4-15H,1-3H3,(H,27,28,30). The minimum Gasteiger partial charge on any atom is -0.493 e. The molecule has 2 aromatic heterocycles. The molecule has 0 radical (unpaired) electrons. The molecule has 0 fully saturated rings. The quantitative estimate of drug-likeness (QED) is 0.375. The third-order valence-electron chi connectivity index (χ3n) is 5.39. The summed E-state index contributed by atoms with van der Waals surface area (Å²) in [5.74, 6) is 2.56. The Morgan fingerprint density at radius 2 is 1.70 bits per heavy atom. The number of nitrogens with zero attached hydrogens (tertiary/aromatic N) is 3. The molecule has 0 saturated carbocycles. The van der Waals surface area contributed by atoms with Gasteiger partial charge in [0.15, 0.2) is 17.3 Å². The molecule has 0 unspecified atom stereocenters. The van der Waals surface area contributed by atoms with Crippen LogP contribution in [0.25, 0.3) is 33.2 Å². The van der Waals surface area contributed by atoms with Crippen LogP contribution in [0, 0.1) is 6.92 Å². The maximum Gasteiger partial charge on any atom is 0.161 e. The predicted molar refractivity (Wildman–Crippen MR) is 128 cm³/mol. The van der Waals surface area contributed by atoms with Gasteiger partial charge in [-0.3, -0.25) is 5.43 Å². The number of benzene rings is 3. The van der Waals surface area contributed by atoms with Gasteiger partial charge in [-0.2, -0.15) is 5.10 Å². The van der Waals surface area contributed by atoms with E-state index in [0.717, 1.165) is 38.4 Å². The second kappa shape index (κ2) is 8.63. The normalized spacial score (nSPS) is 11.7. The van der Waals surface area contributed by atoms with Crippen molar-refractivity contribution in [3.8, 4) is 22.8 Å². The molecule has 2 heterocycles. The molecular weight excluding hydrogens is 416 g/mol. The smallest absolute Gasteiger partial charge is 0.161 e. The lowest BCUT2D eigenvalue weighted by Gasteiger charge is -2.10. The first kappa shape index (κ1) is 20.5. The first-order chi connectivity index (χ1) is 16.2. The fraction of sp³-hybridized carbons (Fsp3) is 0.115. The molecule has 0 saturated heterocycles. The van der Waals surface area contributed by atoms with E-state index in [9.17, 15) is 0 Å². The lowest BCUT2D eigenvalue weighted by atomic mass is 10.1. The number of hydrogen-bond donors (Lipinski definition) is 1. The van der Waals surface area contributed by atoms with Crippen LogP contribution in [0.4, 0.5) is 5.82 Å². The zero-order valence-corrected chi connectivity index (χ0v) is 18.5. The maximum atomic E-state index is 6.25. The lowest BCUT2D eigenvalue weighted by Crippen LogP contribution is -2.08. The third kappa shape index (κ3) is 3.96. The minimum absolute atomic E-state index is 0.624. The molecule has 0 aliphatic heterocycles. The van der Waals surface area contributed by atoms with E-state index in [0.29, 0.717) is 23.1 Å². The number of hydrogen-bond acceptors (Lipinski definition) is 7. The van der Waals surface area contributed by atoms with Gasteiger partial charge in [-0.1, -0.05) is 18.2 Å². The first-order valence-corrected chi connectivity index (χ1v) is 10.4. The van der Waals surface area contributed by atoms with Crippen molar-refractivity contribution in [2.24, 2.45) is 5.10 Å². The van der Waals surface area contributed by atoms with Gasteiger partial charge in [0.25, 0.3) is 0 Å². The van der Waals surface area contributed by atoms with Gasteiger partial charge in [-0.25, -0.2) is 9.97 Å². The number of ether oxygens (including phenoxy) is 2. The average molecular weight is 438 g/mol. The summed E-state index contributed by atoms with van der Waals surface area (Å²) in [4.78, 5) is 8.68. The van der Waals surface area contributed by atoms with Gasteiger partial charge >= 0.3 is 0 Å². The van der Waals surface area contributed by atoms with E-state index in [2.05, 4.69) is 15.4 Å². The topological polar surface area (TPSA) is 81.8 Å². The number of anilines is 1. The van der Waals surface area contributed by atoms with Crippen LogP contribution in [-0.4, -0.2) is 24.2 Å². The Labute approximate surface area is 190 Å². The van der Waals surface area contributed by atoms with Crippen LogP contribution in [0.3, 0.4) is 0 Å². The Morgan fingerprint density at radius 1 is 0.848 bits per heavy atom. The molecule has 164 valence electrons. The summed E-state index contributed by atoms with van der Waals surface area (Å²) in [6.07, 6.45) is 1.52. The second-order valence-electron chi connectivity index (χ2n) is 7.53. The molecule has 0 aliphatic rings. The van der Waals surface area contributed by atoms with Crippen LogP contribution in [0.1, 0.15) is 5.56 Å². The van der Waals surface area contributed by atoms with Gasteiger partial charge in [0.05, 0.1) is 25.1 Å². The molecule has 7 heteroatoms. The van der Waals surface area contributed by atoms with Gasteiger partial charge in [0.1, 0.15) is 17.7 Å². The van der Waals surface area contributed by atoms with Crippen LogP contribution in [-0.2, 0) is 0 Å². The number of aromatic nitrogens is 2. The Kier molecular flexibility index (Phi) is 5.36. The fourth-order valence-electron chi connectivity index (χ4n) is 3.71. The third-order valence-corrected chi connectivity index (χ3v) is 5.39. The Balaban J connectivity index is 1.67. The Morgan fingerprint density at radius 3 is 2.55 bits per heavy atom. The first-order valence-electron chi connectivity index (χ1n) is 10.4. The monoisotopic (exact) mass is 438 g/mol. The highest BCUT2D eigenvalue weighted by Crippen LogP contribution is 2.33. The van der Waals surface area contributed by atoms with Crippen molar-refractivity contribution in [1.82, 2.24) is 9.97 Å². The maximum absolute atomic E-state index is 6.25. The summed E-state index contributed by atoms with van der Waals surface area (Å²) in [7, 11) is 3.22. The van der Waals surface area contributed by atoms with Crippen molar-refractivity contribution in [3.63, 3.8) is 0 Å². The molecule has 0 bridgehead atoms. The molecule has 1 N–H and O–H groups in total. The number of para-hydroxylation sites is 1. The fourth-order valence-corrected chi connectivity index (χ4v) is 3.71. The van der Waals surface area contributed by atoms with E-state index >= 15 is 0 Å². The number of methoxy groups -OCH3 is 2. The molecule has 3 aromatic carbocycles. The highest BCUT2D eigenvalue weighted by atomic mass is 16.5. The number of rotatable bonds is 5. The molecule has 0 spiro atoms. The summed E-state index contributed by atoms with van der Waals surface area (Å²) in [6, 6.07) is 21.4. The zero-order chi connectivity index (χ0) is 22.8. The Bertz CT molecular complexity index is 1540. The SMILES string of the molecule is COc1ccc(-c2cc(=NNc3ncnc4ccccc34)c3ccc(C)cc3o2)cc1OC. The van der Waals surface area contributed by atoms with E-state index in [-0.39, 0.29) is 0 Å². The average Bonchev–Trinajstić information content (AvgIpc) is 2.86. The molecule has 5 aromatic rings. The van der Waals surface area contributed by atoms with E-state index in [1.807, 2.05) is 73.7 Å². The second-order valence-corrected chi connectivity index (χ2v) is 7.53. The number of fused-ring (bicyclic) bond motifs is 2. The van der Waals surface area contributed by atoms with Crippen LogP contribution in [0.5, 0.6) is 11.5 Å². The van der Waals surface area contributed by atoms with Gasteiger partial charge in [-0.05, 0) is 55.0 Å². The summed E-state index contributed by atoms with van der Waals surface area (Å²) in [5, 5.41) is 7.19. The molecule has 0 amide bonds. The molecule has 5 rings (SSSR count). The predicted octanol–water partition coefficient (Wildman–Crippen LogP) is 5.30. The van der Waals surface area contributed by atoms with E-state index in [1.165, 1.54) is 6.33 Å². The lowest BCUT2D eigenvalue weighted by molar-refractivity contribution is 0.355. The van der Waals surface area contributed by atoms with Crippen molar-refractivity contribution < 1.29 is 13.9 Å². The minimum atomic E-state index is 0.624. The van der Waals surface area contributed by atoms with Gasteiger partial charge in [-0.15, -0.1) is 0 Å². The summed E-state index contributed by atoms with van der Waals surface area (Å²) in [5.41, 5.74) is 6.64. The molecule has 33 heavy (non-hydrogen) atoms. The van der Waals surface area contributed by atoms with Crippen molar-refractivity contribution in [2.45, 2.75) is 6.92 Å². The van der Waals surface area contributed by atoms with Crippen LogP contribution >= 0.6 is 0 Å². The zero-order valence-electron chi connectivity index (χ0n) is 18.5. The van der Waals surface area contributed by atoms with Crippen molar-refractivity contribution >= 4 is 27.7 Å². The van der Waals surface area contributed by atoms with Crippen LogP contribution in [0.2, 0.25) is 0 Å². The summed E-state index contributed by atoms with van der Waals surface area (Å²) >= 11 is 0. The molecule has 0 aliphatic carbocycles. The van der Waals surface area contributed by atoms with Gasteiger partial charge in [0.2, 0.25) is 0 Å². The van der Waals surface area contributed by atoms with Gasteiger partial charge < -0.3 is 13.9 Å². The Hall–Kier alpha value is -4.39. The van der Waals surface area contributed by atoms with E-state index < -0.39 is 0 Å². The number of aryl methyl sites for hydroxylation is 1.